The normalized spacial score (nSPS) is 11.5. The van der Waals surface area contributed by atoms with E-state index in [0.717, 1.165) is 11.1 Å². The molecule has 0 saturated heterocycles. The number of methoxy groups -OCH3 is 1. The summed E-state index contributed by atoms with van der Waals surface area (Å²) in [5.74, 6) is 1.51. The fourth-order valence-corrected chi connectivity index (χ4v) is 3.40. The predicted octanol–water partition coefficient (Wildman–Crippen LogP) is 2.70. The van der Waals surface area contributed by atoms with Gasteiger partial charge >= 0.3 is 6.01 Å². The molecule has 0 bridgehead atoms. The summed E-state index contributed by atoms with van der Waals surface area (Å²) in [5, 5.41) is 16.6. The molecule has 0 spiro atoms. The lowest BCUT2D eigenvalue weighted by Crippen LogP contribution is -2.15. The molecule has 0 aliphatic carbocycles. The number of hydrogen-bond donors (Lipinski definition) is 2. The van der Waals surface area contributed by atoms with E-state index in [1.54, 1.807) is 12.4 Å². The molecule has 0 atom stereocenters. The van der Waals surface area contributed by atoms with Gasteiger partial charge in [-0.3, -0.25) is 4.79 Å². The van der Waals surface area contributed by atoms with Gasteiger partial charge in [0, 0.05) is 29.1 Å². The van der Waals surface area contributed by atoms with Gasteiger partial charge < -0.3 is 25.1 Å². The molecule has 32 heavy (non-hydrogen) atoms. The van der Waals surface area contributed by atoms with Crippen molar-refractivity contribution in [1.82, 2.24) is 15.0 Å². The van der Waals surface area contributed by atoms with Crippen LogP contribution in [-0.4, -0.2) is 46.9 Å². The van der Waals surface area contributed by atoms with Crippen LogP contribution in [0.25, 0.3) is 22.4 Å². The molecule has 1 aliphatic heterocycles. The van der Waals surface area contributed by atoms with Crippen molar-refractivity contribution in [2.45, 2.75) is 13.3 Å². The van der Waals surface area contributed by atoms with Crippen LogP contribution in [0.3, 0.4) is 0 Å². The Balaban J connectivity index is 0.000000913. The molecule has 1 aliphatic rings. The first-order valence-electron chi connectivity index (χ1n) is 9.64. The summed E-state index contributed by atoms with van der Waals surface area (Å²) in [6, 6.07) is 8.08. The predicted molar refractivity (Wildman–Crippen MR) is 115 cm³/mol. The summed E-state index contributed by atoms with van der Waals surface area (Å²) in [5.41, 5.74) is 10.2. The molecule has 0 amide bonds. The Labute approximate surface area is 184 Å². The van der Waals surface area contributed by atoms with Crippen molar-refractivity contribution in [2.24, 2.45) is 0 Å². The van der Waals surface area contributed by atoms with Crippen LogP contribution in [0.1, 0.15) is 18.1 Å². The number of benzene rings is 1. The van der Waals surface area contributed by atoms with Crippen LogP contribution >= 0.6 is 0 Å². The lowest BCUT2D eigenvalue weighted by Gasteiger charge is -2.20. The number of hydrogen-bond acceptors (Lipinski definition) is 9. The van der Waals surface area contributed by atoms with Gasteiger partial charge in [-0.05, 0) is 30.2 Å². The zero-order chi connectivity index (χ0) is 23.1. The van der Waals surface area contributed by atoms with Gasteiger partial charge in [-0.2, -0.15) is 5.26 Å². The monoisotopic (exact) mass is 435 g/mol. The van der Waals surface area contributed by atoms with Gasteiger partial charge in [-0.1, -0.05) is 6.92 Å². The summed E-state index contributed by atoms with van der Waals surface area (Å²) in [4.78, 5) is 21.3. The molecular weight excluding hydrogens is 414 g/mol. The minimum absolute atomic E-state index is 0.153. The molecule has 2 aromatic heterocycles. The number of ether oxygens (including phenoxy) is 3. The lowest BCUT2D eigenvalue weighted by molar-refractivity contribution is -0.122. The third kappa shape index (κ3) is 4.37. The van der Waals surface area contributed by atoms with Crippen molar-refractivity contribution in [3.05, 3.63) is 41.7 Å². The highest BCUT2D eigenvalue weighted by molar-refractivity contribution is 5.84. The highest BCUT2D eigenvalue weighted by atomic mass is 16.6. The quantitative estimate of drug-likeness (QED) is 0.585. The Kier molecular flexibility index (Phi) is 7.02. The van der Waals surface area contributed by atoms with Gasteiger partial charge in [0.1, 0.15) is 30.7 Å². The van der Waals surface area contributed by atoms with Gasteiger partial charge in [0.2, 0.25) is 0 Å². The minimum atomic E-state index is -0.250. The Morgan fingerprint density at radius 1 is 1.22 bits per heavy atom. The number of nitrogen functional groups attached to an aromatic ring is 1. The van der Waals surface area contributed by atoms with Crippen LogP contribution in [0.5, 0.6) is 17.5 Å². The smallest absolute Gasteiger partial charge is 0.316 e. The standard InChI is InChI=1S/C21H19N5O3.CH2O2/c1-3-14-18(13-10-24-21(27-2)25-11-13)15(9-22)20(23)26-19(14)12-4-5-16-17(8-12)29-7-6-28-16;2-1-3/h4-5,8,10-11H,3,6-7H2,1-2H3,(H2,23,26);1H,(H,2,3). The summed E-state index contributed by atoms with van der Waals surface area (Å²) < 4.78 is 16.3. The number of carboxylic acid groups (broad SMARTS) is 1. The third-order valence-corrected chi connectivity index (χ3v) is 4.71. The van der Waals surface area contributed by atoms with E-state index in [1.165, 1.54) is 7.11 Å². The van der Waals surface area contributed by atoms with Gasteiger partial charge in [-0.25, -0.2) is 15.0 Å². The van der Waals surface area contributed by atoms with Crippen LogP contribution in [0.2, 0.25) is 0 Å². The van der Waals surface area contributed by atoms with Crippen molar-refractivity contribution in [3.8, 4) is 46.0 Å². The average Bonchev–Trinajstić information content (AvgIpc) is 2.83. The molecule has 0 radical (unpaired) electrons. The van der Waals surface area contributed by atoms with Crippen LogP contribution in [0, 0.1) is 11.3 Å². The molecule has 3 aromatic rings. The van der Waals surface area contributed by atoms with Crippen LogP contribution < -0.4 is 19.9 Å². The number of nitrogens with zero attached hydrogens (tertiary/aromatic N) is 4. The van der Waals surface area contributed by atoms with E-state index < -0.39 is 0 Å². The van der Waals surface area contributed by atoms with Gasteiger partial charge in [0.05, 0.1) is 12.8 Å². The molecule has 1 aromatic carbocycles. The molecule has 3 N–H and O–H groups in total. The maximum Gasteiger partial charge on any atom is 0.316 e. The number of anilines is 1. The molecule has 0 fully saturated rings. The first kappa shape index (κ1) is 22.3. The van der Waals surface area contributed by atoms with Crippen molar-refractivity contribution in [1.29, 1.82) is 5.26 Å². The molecule has 0 unspecified atom stereocenters. The van der Waals surface area contributed by atoms with Crippen molar-refractivity contribution >= 4 is 12.3 Å². The maximum absolute atomic E-state index is 9.73. The highest BCUT2D eigenvalue weighted by Gasteiger charge is 2.22. The first-order valence-corrected chi connectivity index (χ1v) is 9.64. The highest BCUT2D eigenvalue weighted by Crippen LogP contribution is 2.39. The zero-order valence-corrected chi connectivity index (χ0v) is 17.5. The Bertz CT molecular complexity index is 1160. The number of carbonyl (C=O) groups is 1. The van der Waals surface area contributed by atoms with E-state index in [9.17, 15) is 5.26 Å². The van der Waals surface area contributed by atoms with Crippen LogP contribution in [0.15, 0.2) is 30.6 Å². The fraction of sp³-hybridized carbons (Fsp3) is 0.227. The van der Waals surface area contributed by atoms with Crippen molar-refractivity contribution in [2.75, 3.05) is 26.1 Å². The van der Waals surface area contributed by atoms with E-state index in [-0.39, 0.29) is 18.3 Å². The molecular formula is C22H21N5O5. The van der Waals surface area contributed by atoms with Crippen LogP contribution in [0.4, 0.5) is 5.82 Å². The Hall–Kier alpha value is -4.39. The number of fused-ring (bicyclic) bond motifs is 1. The fourth-order valence-electron chi connectivity index (χ4n) is 3.40. The SMILES string of the molecule is CCc1c(-c2ccc3c(c2)OCCO3)nc(N)c(C#N)c1-c1cnc(OC)nc1.O=CO. The molecule has 10 nitrogen and oxygen atoms in total. The summed E-state index contributed by atoms with van der Waals surface area (Å²) in [6.07, 6.45) is 3.87. The molecule has 4 rings (SSSR count). The van der Waals surface area contributed by atoms with E-state index in [2.05, 4.69) is 21.0 Å². The van der Waals surface area contributed by atoms with Gasteiger partial charge in [-0.15, -0.1) is 0 Å². The topological polar surface area (TPSA) is 153 Å². The molecule has 10 heteroatoms. The lowest BCUT2D eigenvalue weighted by atomic mass is 9.91. The van der Waals surface area contributed by atoms with Crippen molar-refractivity contribution in [3.63, 3.8) is 0 Å². The average molecular weight is 435 g/mol. The summed E-state index contributed by atoms with van der Waals surface area (Å²) in [6.45, 7) is 2.77. The van der Waals surface area contributed by atoms with Crippen molar-refractivity contribution < 1.29 is 24.1 Å². The largest absolute Gasteiger partial charge is 0.486 e. The summed E-state index contributed by atoms with van der Waals surface area (Å²) >= 11 is 0. The maximum atomic E-state index is 9.73. The van der Waals surface area contributed by atoms with Gasteiger partial charge in [0.15, 0.2) is 11.5 Å². The third-order valence-electron chi connectivity index (χ3n) is 4.71. The number of rotatable bonds is 4. The van der Waals surface area contributed by atoms with E-state index in [4.69, 9.17) is 29.8 Å². The zero-order valence-electron chi connectivity index (χ0n) is 17.5. The second kappa shape index (κ2) is 10.1. The second-order valence-corrected chi connectivity index (χ2v) is 6.46. The summed E-state index contributed by atoms with van der Waals surface area (Å²) in [7, 11) is 1.50. The Morgan fingerprint density at radius 3 is 2.47 bits per heavy atom. The number of pyridine rings is 1. The molecule has 3 heterocycles. The Morgan fingerprint density at radius 2 is 1.88 bits per heavy atom. The van der Waals surface area contributed by atoms with E-state index >= 15 is 0 Å². The van der Waals surface area contributed by atoms with Crippen LogP contribution in [-0.2, 0) is 11.2 Å². The number of nitrogens with two attached hydrogens (primary N) is 1. The van der Waals surface area contributed by atoms with E-state index in [1.807, 2.05) is 25.1 Å². The second-order valence-electron chi connectivity index (χ2n) is 6.46. The first-order chi connectivity index (χ1) is 15.6. The minimum Gasteiger partial charge on any atom is -0.486 e. The van der Waals surface area contributed by atoms with E-state index in [0.29, 0.717) is 53.5 Å². The molecule has 164 valence electrons. The molecule has 0 saturated carbocycles. The number of nitriles is 1. The van der Waals surface area contributed by atoms with Gasteiger partial charge in [0.25, 0.3) is 6.47 Å². The number of aromatic nitrogens is 3.